The van der Waals surface area contributed by atoms with Crippen LogP contribution < -0.4 is 5.56 Å². The van der Waals surface area contributed by atoms with Crippen LogP contribution >= 0.6 is 0 Å². The molecule has 0 saturated carbocycles. The zero-order valence-electron chi connectivity index (χ0n) is 13.7. The third kappa shape index (κ3) is 3.76. The number of hydrogen-bond donors (Lipinski definition) is 1. The molecule has 2 aromatic rings. The number of rotatable bonds is 2. The van der Waals surface area contributed by atoms with E-state index in [-0.39, 0.29) is 30.3 Å². The highest BCUT2D eigenvalue weighted by atomic mass is 19.1. The molecule has 9 heteroatoms. The van der Waals surface area contributed by atoms with Gasteiger partial charge in [0.2, 0.25) is 0 Å². The molecule has 2 amide bonds. The van der Waals surface area contributed by atoms with E-state index in [1.54, 1.807) is 0 Å². The fourth-order valence-corrected chi connectivity index (χ4v) is 2.78. The van der Waals surface area contributed by atoms with E-state index in [1.165, 1.54) is 21.9 Å². The molecule has 1 N–H and O–H groups in total. The van der Waals surface area contributed by atoms with Gasteiger partial charge in [0.1, 0.15) is 17.3 Å². The number of halogens is 2. The number of carbonyl (C=O) groups excluding carboxylic acids is 2. The smallest absolute Gasteiger partial charge is 0.274 e. The zero-order valence-corrected chi connectivity index (χ0v) is 13.7. The number of aromatic amines is 1. The Bertz CT molecular complexity index is 879. The van der Waals surface area contributed by atoms with Crippen LogP contribution in [0.5, 0.6) is 0 Å². The highest BCUT2D eigenvalue weighted by Gasteiger charge is 2.25. The molecule has 1 aliphatic heterocycles. The van der Waals surface area contributed by atoms with Crippen LogP contribution in [0.1, 0.15) is 27.3 Å². The Morgan fingerprint density at radius 1 is 0.962 bits per heavy atom. The number of hydrogen-bond acceptors (Lipinski definition) is 4. The molecule has 1 aromatic carbocycles. The minimum absolute atomic E-state index is 0.0977. The third-order valence-corrected chi connectivity index (χ3v) is 4.13. The van der Waals surface area contributed by atoms with Crippen molar-refractivity contribution in [1.29, 1.82) is 0 Å². The van der Waals surface area contributed by atoms with Gasteiger partial charge in [0.05, 0.1) is 5.56 Å². The molecule has 2 heterocycles. The number of H-pyrrole nitrogens is 1. The third-order valence-electron chi connectivity index (χ3n) is 4.13. The summed E-state index contributed by atoms with van der Waals surface area (Å²) in [6, 6.07) is 5.28. The van der Waals surface area contributed by atoms with Crippen molar-refractivity contribution in [1.82, 2.24) is 20.0 Å². The molecule has 0 atom stereocenters. The molecule has 1 fully saturated rings. The number of amides is 2. The van der Waals surface area contributed by atoms with E-state index < -0.39 is 23.1 Å². The molecule has 26 heavy (non-hydrogen) atoms. The normalized spacial score (nSPS) is 14.8. The van der Waals surface area contributed by atoms with E-state index in [2.05, 4.69) is 10.2 Å². The van der Waals surface area contributed by atoms with E-state index in [1.807, 2.05) is 0 Å². The summed E-state index contributed by atoms with van der Waals surface area (Å²) in [5.74, 6) is -2.46. The van der Waals surface area contributed by atoms with Gasteiger partial charge in [0, 0.05) is 32.2 Å². The zero-order chi connectivity index (χ0) is 18.7. The molecule has 0 aliphatic carbocycles. The van der Waals surface area contributed by atoms with Crippen LogP contribution in [0.25, 0.3) is 0 Å². The number of carbonyl (C=O) groups is 2. The SMILES string of the molecule is O=C(c1ccc(=O)[nH]n1)N1CCCN(C(=O)c2cc(F)ccc2F)CC1. The summed E-state index contributed by atoms with van der Waals surface area (Å²) in [4.78, 5) is 38.9. The quantitative estimate of drug-likeness (QED) is 0.865. The predicted molar refractivity (Wildman–Crippen MR) is 87.6 cm³/mol. The maximum atomic E-state index is 13.8. The van der Waals surface area contributed by atoms with E-state index in [0.29, 0.717) is 19.5 Å². The van der Waals surface area contributed by atoms with Gasteiger partial charge in [-0.25, -0.2) is 13.9 Å². The summed E-state index contributed by atoms with van der Waals surface area (Å²) in [7, 11) is 0. The van der Waals surface area contributed by atoms with Crippen LogP contribution in [-0.4, -0.2) is 58.0 Å². The van der Waals surface area contributed by atoms with Crippen LogP contribution in [-0.2, 0) is 0 Å². The maximum absolute atomic E-state index is 13.8. The standard InChI is InChI=1S/C17H16F2N4O3/c18-11-2-3-13(19)12(10-11)16(25)22-6-1-7-23(9-8-22)17(26)14-4-5-15(24)21-20-14/h2-5,10H,1,6-9H2,(H,21,24). The fraction of sp³-hybridized carbons (Fsp3) is 0.294. The Morgan fingerprint density at radius 2 is 1.65 bits per heavy atom. The first-order chi connectivity index (χ1) is 12.5. The van der Waals surface area contributed by atoms with Crippen molar-refractivity contribution in [2.24, 2.45) is 0 Å². The molecule has 0 radical (unpaired) electrons. The molecule has 7 nitrogen and oxygen atoms in total. The lowest BCUT2D eigenvalue weighted by Crippen LogP contribution is -2.38. The van der Waals surface area contributed by atoms with E-state index >= 15 is 0 Å². The lowest BCUT2D eigenvalue weighted by Gasteiger charge is -2.22. The second-order valence-electron chi connectivity index (χ2n) is 5.87. The summed E-state index contributed by atoms with van der Waals surface area (Å²) in [6.07, 6.45) is 0.484. The lowest BCUT2D eigenvalue weighted by atomic mass is 10.1. The predicted octanol–water partition coefficient (Wildman–Crippen LogP) is 1.04. The van der Waals surface area contributed by atoms with Crippen LogP contribution in [0.3, 0.4) is 0 Å². The highest BCUT2D eigenvalue weighted by Crippen LogP contribution is 2.15. The molecular weight excluding hydrogens is 346 g/mol. The Morgan fingerprint density at radius 3 is 2.31 bits per heavy atom. The summed E-state index contributed by atoms with van der Waals surface area (Å²) >= 11 is 0. The van der Waals surface area contributed by atoms with Crippen molar-refractivity contribution >= 4 is 11.8 Å². The van der Waals surface area contributed by atoms with Gasteiger partial charge in [-0.05, 0) is 30.7 Å². The Balaban J connectivity index is 1.70. The number of benzene rings is 1. The first kappa shape index (κ1) is 17.7. The van der Waals surface area contributed by atoms with E-state index in [4.69, 9.17) is 0 Å². The molecule has 0 unspecified atom stereocenters. The van der Waals surface area contributed by atoms with Crippen LogP contribution in [0, 0.1) is 11.6 Å². The van der Waals surface area contributed by atoms with Gasteiger partial charge in [-0.3, -0.25) is 14.4 Å². The Kier molecular flexibility index (Phi) is 5.06. The average molecular weight is 362 g/mol. The molecule has 1 aromatic heterocycles. The molecule has 0 bridgehead atoms. The summed E-state index contributed by atoms with van der Waals surface area (Å²) in [5, 5.41) is 5.91. The van der Waals surface area contributed by atoms with E-state index in [9.17, 15) is 23.2 Å². The molecular formula is C17H16F2N4O3. The van der Waals surface area contributed by atoms with Crippen LogP contribution in [0.15, 0.2) is 35.1 Å². The largest absolute Gasteiger partial charge is 0.337 e. The molecule has 3 rings (SSSR count). The topological polar surface area (TPSA) is 86.4 Å². The van der Waals surface area contributed by atoms with Crippen LogP contribution in [0.4, 0.5) is 8.78 Å². The van der Waals surface area contributed by atoms with Gasteiger partial charge in [-0.2, -0.15) is 5.10 Å². The van der Waals surface area contributed by atoms with Gasteiger partial charge >= 0.3 is 0 Å². The summed E-state index contributed by atoms with van der Waals surface area (Å²) < 4.78 is 27.1. The van der Waals surface area contributed by atoms with Crippen molar-refractivity contribution < 1.29 is 18.4 Å². The van der Waals surface area contributed by atoms with Crippen molar-refractivity contribution in [3.8, 4) is 0 Å². The molecule has 136 valence electrons. The Hall–Kier alpha value is -3.10. The average Bonchev–Trinajstić information content (AvgIpc) is 2.89. The van der Waals surface area contributed by atoms with Gasteiger partial charge < -0.3 is 9.80 Å². The number of nitrogens with one attached hydrogen (secondary N) is 1. The summed E-state index contributed by atoms with van der Waals surface area (Å²) in [5.41, 5.74) is -0.640. The highest BCUT2D eigenvalue weighted by molar-refractivity contribution is 5.95. The minimum atomic E-state index is -0.786. The number of nitrogens with zero attached hydrogens (tertiary/aromatic N) is 3. The second kappa shape index (κ2) is 7.42. The number of aromatic nitrogens is 2. The van der Waals surface area contributed by atoms with Crippen molar-refractivity contribution in [3.05, 3.63) is 63.6 Å². The Labute approximate surface area is 147 Å². The van der Waals surface area contributed by atoms with Gasteiger partial charge in [-0.1, -0.05) is 0 Å². The van der Waals surface area contributed by atoms with Gasteiger partial charge in [0.25, 0.3) is 17.4 Å². The van der Waals surface area contributed by atoms with Crippen LogP contribution in [0.2, 0.25) is 0 Å². The summed E-state index contributed by atoms with van der Waals surface area (Å²) in [6.45, 7) is 1.11. The van der Waals surface area contributed by atoms with Crippen molar-refractivity contribution in [2.45, 2.75) is 6.42 Å². The fourth-order valence-electron chi connectivity index (χ4n) is 2.78. The van der Waals surface area contributed by atoms with Crippen molar-refractivity contribution in [2.75, 3.05) is 26.2 Å². The maximum Gasteiger partial charge on any atom is 0.274 e. The second-order valence-corrected chi connectivity index (χ2v) is 5.87. The van der Waals surface area contributed by atoms with E-state index in [0.717, 1.165) is 18.2 Å². The first-order valence-corrected chi connectivity index (χ1v) is 8.05. The minimum Gasteiger partial charge on any atom is -0.337 e. The van der Waals surface area contributed by atoms with Gasteiger partial charge in [-0.15, -0.1) is 0 Å². The molecule has 0 spiro atoms. The molecule has 1 aliphatic rings. The molecule has 1 saturated heterocycles. The monoisotopic (exact) mass is 362 g/mol. The van der Waals surface area contributed by atoms with Gasteiger partial charge in [0.15, 0.2) is 0 Å². The first-order valence-electron chi connectivity index (χ1n) is 8.05. The lowest BCUT2D eigenvalue weighted by molar-refractivity contribution is 0.0712. The van der Waals surface area contributed by atoms with Crippen molar-refractivity contribution in [3.63, 3.8) is 0 Å².